The van der Waals surface area contributed by atoms with Crippen LogP contribution in [0.4, 0.5) is 0 Å². The van der Waals surface area contributed by atoms with Crippen molar-refractivity contribution in [3.63, 3.8) is 0 Å². The van der Waals surface area contributed by atoms with Crippen LogP contribution in [-0.2, 0) is 0 Å². The second-order valence-corrected chi connectivity index (χ2v) is 3.53. The van der Waals surface area contributed by atoms with Crippen LogP contribution < -0.4 is 11.1 Å². The summed E-state index contributed by atoms with van der Waals surface area (Å²) in [6.45, 7) is 2.85. The summed E-state index contributed by atoms with van der Waals surface area (Å²) in [4.78, 5) is 0. The van der Waals surface area contributed by atoms with Gasteiger partial charge in [-0.05, 0) is 18.6 Å². The third kappa shape index (κ3) is 4.71. The van der Waals surface area contributed by atoms with Crippen molar-refractivity contribution in [1.82, 2.24) is 5.32 Å². The van der Waals surface area contributed by atoms with Gasteiger partial charge in [0, 0.05) is 0 Å². The SMILES string of the molecule is CCCCCN=NC1=CC=CC(N)(O)N1. The van der Waals surface area contributed by atoms with E-state index in [2.05, 4.69) is 22.5 Å². The van der Waals surface area contributed by atoms with Gasteiger partial charge in [0.25, 0.3) is 0 Å². The van der Waals surface area contributed by atoms with Gasteiger partial charge in [0.1, 0.15) is 0 Å². The van der Waals surface area contributed by atoms with Crippen molar-refractivity contribution in [1.29, 1.82) is 0 Å². The highest BCUT2D eigenvalue weighted by atomic mass is 16.3. The van der Waals surface area contributed by atoms with Crippen molar-refractivity contribution >= 4 is 0 Å². The van der Waals surface area contributed by atoms with Crippen LogP contribution in [0, 0.1) is 0 Å². The number of nitrogens with two attached hydrogens (primary N) is 1. The molecule has 0 amide bonds. The van der Waals surface area contributed by atoms with Gasteiger partial charge in [-0.2, -0.15) is 5.11 Å². The Morgan fingerprint density at radius 2 is 2.33 bits per heavy atom. The van der Waals surface area contributed by atoms with E-state index in [4.69, 9.17) is 5.73 Å². The number of unbranched alkanes of at least 4 members (excludes halogenated alkanes) is 2. The van der Waals surface area contributed by atoms with Crippen LogP contribution in [0.5, 0.6) is 0 Å². The molecule has 1 atom stereocenters. The molecule has 0 spiro atoms. The zero-order valence-corrected chi connectivity index (χ0v) is 8.98. The Bertz CT molecular complexity index is 281. The van der Waals surface area contributed by atoms with Crippen molar-refractivity contribution in [3.8, 4) is 0 Å². The summed E-state index contributed by atoms with van der Waals surface area (Å²) in [5, 5.41) is 20.0. The summed E-state index contributed by atoms with van der Waals surface area (Å²) >= 11 is 0. The number of rotatable bonds is 5. The molecule has 84 valence electrons. The Morgan fingerprint density at radius 3 is 3.00 bits per heavy atom. The first-order valence-electron chi connectivity index (χ1n) is 5.20. The Hall–Kier alpha value is -1.20. The molecule has 1 rings (SSSR count). The van der Waals surface area contributed by atoms with E-state index < -0.39 is 5.85 Å². The quantitative estimate of drug-likeness (QED) is 0.362. The highest BCUT2D eigenvalue weighted by Gasteiger charge is 2.19. The Labute approximate surface area is 89.8 Å². The monoisotopic (exact) mass is 210 g/mol. The molecule has 5 nitrogen and oxygen atoms in total. The number of nitrogens with zero attached hydrogens (tertiary/aromatic N) is 2. The van der Waals surface area contributed by atoms with Crippen LogP contribution in [0.15, 0.2) is 34.3 Å². The largest absolute Gasteiger partial charge is 0.355 e. The normalized spacial score (nSPS) is 25.4. The Balaban J connectivity index is 2.33. The van der Waals surface area contributed by atoms with Crippen LogP contribution in [0.1, 0.15) is 26.2 Å². The molecular formula is C10H18N4O. The number of allylic oxidation sites excluding steroid dienone is 2. The molecule has 0 saturated carbocycles. The minimum Gasteiger partial charge on any atom is -0.355 e. The van der Waals surface area contributed by atoms with E-state index in [0.717, 1.165) is 12.8 Å². The van der Waals surface area contributed by atoms with Crippen LogP contribution in [0.25, 0.3) is 0 Å². The number of dihydropyridines is 1. The molecule has 0 saturated heterocycles. The van der Waals surface area contributed by atoms with Crippen molar-refractivity contribution in [2.45, 2.75) is 32.0 Å². The third-order valence-corrected chi connectivity index (χ3v) is 1.97. The molecule has 0 radical (unpaired) electrons. The van der Waals surface area contributed by atoms with Crippen LogP contribution in [-0.4, -0.2) is 17.5 Å². The van der Waals surface area contributed by atoms with E-state index in [1.165, 1.54) is 12.5 Å². The molecule has 1 aliphatic rings. The van der Waals surface area contributed by atoms with Crippen molar-refractivity contribution in [2.75, 3.05) is 6.54 Å². The maximum atomic E-state index is 9.42. The smallest absolute Gasteiger partial charge is 0.212 e. The van der Waals surface area contributed by atoms with Crippen molar-refractivity contribution in [3.05, 3.63) is 24.0 Å². The van der Waals surface area contributed by atoms with E-state index in [0.29, 0.717) is 12.4 Å². The summed E-state index contributed by atoms with van der Waals surface area (Å²) in [5.74, 6) is -1.02. The molecule has 4 N–H and O–H groups in total. The number of aliphatic hydroxyl groups is 1. The van der Waals surface area contributed by atoms with E-state index in [-0.39, 0.29) is 0 Å². The number of azo groups is 1. The number of hydrogen-bond donors (Lipinski definition) is 3. The fourth-order valence-electron chi connectivity index (χ4n) is 1.19. The van der Waals surface area contributed by atoms with E-state index >= 15 is 0 Å². The Kier molecular flexibility index (Phi) is 4.45. The average Bonchev–Trinajstić information content (AvgIpc) is 2.16. The lowest BCUT2D eigenvalue weighted by molar-refractivity contribution is 0.0700. The molecule has 1 aliphatic heterocycles. The second kappa shape index (κ2) is 5.63. The summed E-state index contributed by atoms with van der Waals surface area (Å²) in [5.41, 5.74) is 5.44. The first-order valence-corrected chi connectivity index (χ1v) is 5.20. The second-order valence-electron chi connectivity index (χ2n) is 3.53. The van der Waals surface area contributed by atoms with Gasteiger partial charge in [0.05, 0.1) is 6.54 Å². The minimum atomic E-state index is -1.51. The lowest BCUT2D eigenvalue weighted by atomic mass is 10.2. The average molecular weight is 210 g/mol. The van der Waals surface area contributed by atoms with Gasteiger partial charge < -0.3 is 10.4 Å². The molecular weight excluding hydrogens is 192 g/mol. The molecule has 0 aromatic carbocycles. The van der Waals surface area contributed by atoms with Crippen molar-refractivity contribution < 1.29 is 5.11 Å². The lowest BCUT2D eigenvalue weighted by Crippen LogP contribution is -2.51. The van der Waals surface area contributed by atoms with Crippen molar-refractivity contribution in [2.24, 2.45) is 16.0 Å². The van der Waals surface area contributed by atoms with Crippen LogP contribution in [0.3, 0.4) is 0 Å². The summed E-state index contributed by atoms with van der Waals surface area (Å²) in [6.07, 6.45) is 8.18. The molecule has 1 unspecified atom stereocenters. The number of hydrogen-bond acceptors (Lipinski definition) is 5. The van der Waals surface area contributed by atoms with Gasteiger partial charge in [-0.25, -0.2) is 0 Å². The first-order chi connectivity index (χ1) is 7.14. The zero-order chi connectivity index (χ0) is 11.1. The number of nitrogens with one attached hydrogen (secondary N) is 1. The maximum absolute atomic E-state index is 9.42. The Morgan fingerprint density at radius 1 is 1.53 bits per heavy atom. The topological polar surface area (TPSA) is 83.0 Å². The predicted molar refractivity (Wildman–Crippen MR) is 58.7 cm³/mol. The molecule has 0 fully saturated rings. The highest BCUT2D eigenvalue weighted by molar-refractivity contribution is 5.19. The zero-order valence-electron chi connectivity index (χ0n) is 8.98. The van der Waals surface area contributed by atoms with E-state index in [9.17, 15) is 5.11 Å². The van der Waals surface area contributed by atoms with Gasteiger partial charge in [-0.15, -0.1) is 5.11 Å². The highest BCUT2D eigenvalue weighted by Crippen LogP contribution is 2.07. The molecule has 0 aliphatic carbocycles. The predicted octanol–water partition coefficient (Wildman–Crippen LogP) is 1.23. The standard InChI is InChI=1S/C10H18N4O/c1-2-3-4-8-12-14-9-6-5-7-10(11,15)13-9/h5-7,13,15H,2-4,8,11H2,1H3. The van der Waals surface area contributed by atoms with E-state index in [1.807, 2.05) is 0 Å². The van der Waals surface area contributed by atoms with Gasteiger partial charge >= 0.3 is 0 Å². The van der Waals surface area contributed by atoms with Gasteiger partial charge in [-0.3, -0.25) is 5.73 Å². The van der Waals surface area contributed by atoms with Crippen LogP contribution >= 0.6 is 0 Å². The molecule has 1 heterocycles. The molecule has 15 heavy (non-hydrogen) atoms. The van der Waals surface area contributed by atoms with Gasteiger partial charge in [0.15, 0.2) is 5.82 Å². The summed E-state index contributed by atoms with van der Waals surface area (Å²) in [7, 11) is 0. The van der Waals surface area contributed by atoms with Crippen LogP contribution in [0.2, 0.25) is 0 Å². The molecule has 0 aromatic rings. The first kappa shape index (κ1) is 11.9. The maximum Gasteiger partial charge on any atom is 0.212 e. The van der Waals surface area contributed by atoms with Gasteiger partial charge in [-0.1, -0.05) is 25.8 Å². The summed E-state index contributed by atoms with van der Waals surface area (Å²) in [6, 6.07) is 0. The minimum absolute atomic E-state index is 0.485. The fourth-order valence-corrected chi connectivity index (χ4v) is 1.19. The van der Waals surface area contributed by atoms with E-state index in [1.54, 1.807) is 12.2 Å². The molecule has 0 aromatic heterocycles. The third-order valence-electron chi connectivity index (χ3n) is 1.97. The lowest BCUT2D eigenvalue weighted by Gasteiger charge is -2.23. The molecule has 0 bridgehead atoms. The van der Waals surface area contributed by atoms with Gasteiger partial charge in [0.2, 0.25) is 5.85 Å². The summed E-state index contributed by atoms with van der Waals surface area (Å²) < 4.78 is 0. The molecule has 5 heteroatoms. The fraction of sp³-hybridized carbons (Fsp3) is 0.600.